The molecule has 1 saturated heterocycles. The molecule has 8 nitrogen and oxygen atoms in total. The molecule has 1 heterocycles. The highest BCUT2D eigenvalue weighted by molar-refractivity contribution is 5.96. The Morgan fingerprint density at radius 2 is 1.97 bits per heavy atom. The average molecular weight is 408 g/mol. The summed E-state index contributed by atoms with van der Waals surface area (Å²) in [6, 6.07) is 12.5. The number of nitrogens with one attached hydrogen (secondary N) is 2. The van der Waals surface area contributed by atoms with Gasteiger partial charge in [0, 0.05) is 43.7 Å². The number of nitro groups is 1. The number of anilines is 1. The molecule has 0 unspecified atom stereocenters. The SMILES string of the molecule is O=C(NC1CC1)c1ccc(NCc2cccc(CN3CCCC3=O)c2)c([N+](=O)[O-])c1. The monoisotopic (exact) mass is 408 g/mol. The first-order valence-corrected chi connectivity index (χ1v) is 10.2. The van der Waals surface area contributed by atoms with E-state index in [0.717, 1.165) is 36.9 Å². The summed E-state index contributed by atoms with van der Waals surface area (Å²) in [6.07, 6.45) is 3.43. The molecule has 0 bridgehead atoms. The second-order valence-electron chi connectivity index (χ2n) is 7.83. The molecule has 1 saturated carbocycles. The molecule has 2 amide bonds. The number of benzene rings is 2. The van der Waals surface area contributed by atoms with Crippen LogP contribution in [0.25, 0.3) is 0 Å². The van der Waals surface area contributed by atoms with E-state index in [2.05, 4.69) is 10.6 Å². The van der Waals surface area contributed by atoms with Crippen molar-refractivity contribution in [3.63, 3.8) is 0 Å². The van der Waals surface area contributed by atoms with Crippen molar-refractivity contribution in [2.45, 2.75) is 44.8 Å². The van der Waals surface area contributed by atoms with Crippen LogP contribution in [-0.4, -0.2) is 34.2 Å². The molecule has 2 aromatic rings. The third-order valence-electron chi connectivity index (χ3n) is 5.39. The van der Waals surface area contributed by atoms with Gasteiger partial charge in [0.1, 0.15) is 5.69 Å². The van der Waals surface area contributed by atoms with Crippen LogP contribution in [0.1, 0.15) is 47.2 Å². The Labute approximate surface area is 174 Å². The summed E-state index contributed by atoms with van der Waals surface area (Å²) in [5.41, 5.74) is 2.52. The maximum atomic E-state index is 12.2. The lowest BCUT2D eigenvalue weighted by Gasteiger charge is -2.16. The number of nitro benzene ring substituents is 1. The fourth-order valence-electron chi connectivity index (χ4n) is 3.60. The zero-order valence-electron chi connectivity index (χ0n) is 16.6. The lowest BCUT2D eigenvalue weighted by Crippen LogP contribution is -2.25. The van der Waals surface area contributed by atoms with Crippen LogP contribution in [0.5, 0.6) is 0 Å². The van der Waals surface area contributed by atoms with E-state index in [9.17, 15) is 19.7 Å². The molecular formula is C22H24N4O4. The number of carbonyl (C=O) groups is 2. The molecule has 1 aliphatic heterocycles. The van der Waals surface area contributed by atoms with Gasteiger partial charge in [0.25, 0.3) is 11.6 Å². The van der Waals surface area contributed by atoms with Crippen molar-refractivity contribution < 1.29 is 14.5 Å². The summed E-state index contributed by atoms with van der Waals surface area (Å²) in [4.78, 5) is 36.9. The molecule has 0 radical (unpaired) electrons. The summed E-state index contributed by atoms with van der Waals surface area (Å²) >= 11 is 0. The summed E-state index contributed by atoms with van der Waals surface area (Å²) in [5, 5.41) is 17.5. The maximum absolute atomic E-state index is 12.2. The van der Waals surface area contributed by atoms with Gasteiger partial charge >= 0.3 is 0 Å². The Kier molecular flexibility index (Phi) is 5.65. The largest absolute Gasteiger partial charge is 0.375 e. The van der Waals surface area contributed by atoms with Crippen molar-refractivity contribution >= 4 is 23.2 Å². The highest BCUT2D eigenvalue weighted by atomic mass is 16.6. The molecular weight excluding hydrogens is 384 g/mol. The van der Waals surface area contributed by atoms with E-state index in [1.807, 2.05) is 29.2 Å². The standard InChI is InChI=1S/C22H24N4O4/c27-21-5-2-10-25(21)14-16-4-1-3-15(11-16)13-23-19-9-6-17(12-20(19)26(29)30)22(28)24-18-7-8-18/h1,3-4,6,9,11-12,18,23H,2,5,7-8,10,13-14H2,(H,24,28). The predicted molar refractivity (Wildman–Crippen MR) is 112 cm³/mol. The minimum absolute atomic E-state index is 0.128. The van der Waals surface area contributed by atoms with E-state index in [0.29, 0.717) is 25.2 Å². The number of hydrogen-bond donors (Lipinski definition) is 2. The molecule has 2 N–H and O–H groups in total. The van der Waals surface area contributed by atoms with E-state index in [4.69, 9.17) is 0 Å². The highest BCUT2D eigenvalue weighted by Gasteiger charge is 2.25. The van der Waals surface area contributed by atoms with Crippen molar-refractivity contribution in [1.82, 2.24) is 10.2 Å². The third kappa shape index (κ3) is 4.76. The van der Waals surface area contributed by atoms with Gasteiger partial charge in [-0.25, -0.2) is 0 Å². The minimum Gasteiger partial charge on any atom is -0.375 e. The Balaban J connectivity index is 1.43. The molecule has 30 heavy (non-hydrogen) atoms. The van der Waals surface area contributed by atoms with Crippen LogP contribution >= 0.6 is 0 Å². The van der Waals surface area contributed by atoms with Crippen molar-refractivity contribution in [1.29, 1.82) is 0 Å². The molecule has 1 aliphatic carbocycles. The van der Waals surface area contributed by atoms with Gasteiger partial charge in [-0.1, -0.05) is 24.3 Å². The van der Waals surface area contributed by atoms with Gasteiger partial charge in [0.05, 0.1) is 4.92 Å². The van der Waals surface area contributed by atoms with Crippen molar-refractivity contribution in [2.75, 3.05) is 11.9 Å². The number of hydrogen-bond acceptors (Lipinski definition) is 5. The Bertz CT molecular complexity index is 987. The van der Waals surface area contributed by atoms with E-state index >= 15 is 0 Å². The molecule has 0 atom stereocenters. The van der Waals surface area contributed by atoms with Gasteiger partial charge in [0.2, 0.25) is 5.91 Å². The van der Waals surface area contributed by atoms with Crippen molar-refractivity contribution in [3.8, 4) is 0 Å². The van der Waals surface area contributed by atoms with Crippen LogP contribution in [0.15, 0.2) is 42.5 Å². The van der Waals surface area contributed by atoms with Crippen molar-refractivity contribution in [2.24, 2.45) is 0 Å². The maximum Gasteiger partial charge on any atom is 0.293 e. The van der Waals surface area contributed by atoms with Gasteiger partial charge in [-0.05, 0) is 42.5 Å². The molecule has 0 aromatic heterocycles. The van der Waals surface area contributed by atoms with E-state index < -0.39 is 4.92 Å². The first-order chi connectivity index (χ1) is 14.5. The second kappa shape index (κ2) is 8.52. The first kappa shape index (κ1) is 19.9. The molecule has 0 spiro atoms. The lowest BCUT2D eigenvalue weighted by molar-refractivity contribution is -0.384. The van der Waals surface area contributed by atoms with E-state index in [1.165, 1.54) is 6.07 Å². The number of rotatable bonds is 8. The van der Waals surface area contributed by atoms with E-state index in [-0.39, 0.29) is 29.1 Å². The zero-order chi connectivity index (χ0) is 21.1. The number of nitrogens with zero attached hydrogens (tertiary/aromatic N) is 2. The predicted octanol–water partition coefficient (Wildman–Crippen LogP) is 3.22. The minimum atomic E-state index is -0.481. The fourth-order valence-corrected chi connectivity index (χ4v) is 3.60. The number of likely N-dealkylation sites (tertiary alicyclic amines) is 1. The molecule has 2 aliphatic rings. The van der Waals surface area contributed by atoms with Gasteiger partial charge in [-0.3, -0.25) is 19.7 Å². The summed E-state index contributed by atoms with van der Waals surface area (Å²) in [5.74, 6) is -0.101. The second-order valence-corrected chi connectivity index (χ2v) is 7.83. The zero-order valence-corrected chi connectivity index (χ0v) is 16.6. The number of carbonyl (C=O) groups excluding carboxylic acids is 2. The molecule has 2 aromatic carbocycles. The fraction of sp³-hybridized carbons (Fsp3) is 0.364. The van der Waals surface area contributed by atoms with Crippen molar-refractivity contribution in [3.05, 3.63) is 69.3 Å². The Morgan fingerprint density at radius 3 is 2.67 bits per heavy atom. The first-order valence-electron chi connectivity index (χ1n) is 10.2. The molecule has 2 fully saturated rings. The topological polar surface area (TPSA) is 105 Å². The van der Waals surface area contributed by atoms with Crippen LogP contribution in [0, 0.1) is 10.1 Å². The molecule has 4 rings (SSSR count). The van der Waals surface area contributed by atoms with Crippen LogP contribution in [0.2, 0.25) is 0 Å². The third-order valence-corrected chi connectivity index (χ3v) is 5.39. The highest BCUT2D eigenvalue weighted by Crippen LogP contribution is 2.27. The van der Waals surface area contributed by atoms with Crippen LogP contribution in [-0.2, 0) is 17.9 Å². The summed E-state index contributed by atoms with van der Waals surface area (Å²) < 4.78 is 0. The van der Waals surface area contributed by atoms with E-state index in [1.54, 1.807) is 12.1 Å². The number of amides is 2. The Morgan fingerprint density at radius 1 is 1.17 bits per heavy atom. The molecule has 156 valence electrons. The van der Waals surface area contributed by atoms with Gasteiger partial charge in [-0.15, -0.1) is 0 Å². The normalized spacial score (nSPS) is 15.9. The van der Waals surface area contributed by atoms with Crippen LogP contribution in [0.4, 0.5) is 11.4 Å². The van der Waals surface area contributed by atoms with Crippen LogP contribution < -0.4 is 10.6 Å². The summed E-state index contributed by atoms with van der Waals surface area (Å²) in [7, 11) is 0. The smallest absolute Gasteiger partial charge is 0.293 e. The van der Waals surface area contributed by atoms with Gasteiger partial charge in [0.15, 0.2) is 0 Å². The lowest BCUT2D eigenvalue weighted by atomic mass is 10.1. The van der Waals surface area contributed by atoms with Crippen LogP contribution in [0.3, 0.4) is 0 Å². The molecule has 8 heteroatoms. The Hall–Kier alpha value is -3.42. The summed E-state index contributed by atoms with van der Waals surface area (Å²) in [6.45, 7) is 1.77. The average Bonchev–Trinajstić information content (AvgIpc) is 3.46. The quantitative estimate of drug-likeness (QED) is 0.515. The van der Waals surface area contributed by atoms with Gasteiger partial charge in [-0.2, -0.15) is 0 Å². The van der Waals surface area contributed by atoms with Gasteiger partial charge < -0.3 is 15.5 Å².